The highest BCUT2D eigenvalue weighted by Gasteiger charge is 2.34. The Kier molecular flexibility index (Phi) is 8.02. The van der Waals surface area contributed by atoms with Gasteiger partial charge in [-0.3, -0.25) is 19.3 Å². The summed E-state index contributed by atoms with van der Waals surface area (Å²) in [6, 6.07) is 2.18. The molecule has 0 N–H and O–H groups in total. The smallest absolute Gasteiger partial charge is 0.334 e. The van der Waals surface area contributed by atoms with Crippen LogP contribution in [-0.4, -0.2) is 57.2 Å². The van der Waals surface area contributed by atoms with Gasteiger partial charge in [-0.25, -0.2) is 14.1 Å². The number of nitrogens with zero attached hydrogens (tertiary/aromatic N) is 2. The number of fused-ring (bicyclic) bond motifs is 1. The van der Waals surface area contributed by atoms with Crippen molar-refractivity contribution in [2.45, 2.75) is 32.6 Å². The van der Waals surface area contributed by atoms with Crippen LogP contribution in [0.1, 0.15) is 32.6 Å². The van der Waals surface area contributed by atoms with Crippen molar-refractivity contribution in [1.82, 2.24) is 0 Å². The Labute approximate surface area is 196 Å². The van der Waals surface area contributed by atoms with Crippen molar-refractivity contribution in [2.75, 3.05) is 43.3 Å². The molecular weight excluding hydrogens is 447 g/mol. The second-order valence-electron chi connectivity index (χ2n) is 7.70. The first-order chi connectivity index (χ1) is 16.3. The van der Waals surface area contributed by atoms with Crippen LogP contribution in [0.4, 0.5) is 15.8 Å². The van der Waals surface area contributed by atoms with Gasteiger partial charge < -0.3 is 14.2 Å². The summed E-state index contributed by atoms with van der Waals surface area (Å²) in [5, 5.41) is 0. The van der Waals surface area contributed by atoms with Crippen LogP contribution in [0.2, 0.25) is 0 Å². The van der Waals surface area contributed by atoms with Crippen molar-refractivity contribution < 1.29 is 37.8 Å². The van der Waals surface area contributed by atoms with Crippen LogP contribution in [-0.2, 0) is 28.7 Å². The summed E-state index contributed by atoms with van der Waals surface area (Å²) in [4.78, 5) is 52.7. The molecule has 9 nitrogen and oxygen atoms in total. The van der Waals surface area contributed by atoms with Crippen molar-refractivity contribution in [3.8, 4) is 18.1 Å². The first kappa shape index (κ1) is 24.9. The Morgan fingerprint density at radius 3 is 2.56 bits per heavy atom. The zero-order valence-corrected chi connectivity index (χ0v) is 19.0. The Morgan fingerprint density at radius 2 is 1.91 bits per heavy atom. The standard InChI is InChI=1S/C24H25FN2O7/c1-4-9-26-20-13-19(18(25)12-21(20)34-14-22(26)29)27(15(2)28)23(30)16-7-5-6-8-17(16)24(31)33-11-10-32-3/h1,12-13H,5-11,14H2,2-3H3. The van der Waals surface area contributed by atoms with E-state index in [1.165, 1.54) is 18.1 Å². The van der Waals surface area contributed by atoms with Crippen molar-refractivity contribution in [1.29, 1.82) is 0 Å². The fourth-order valence-corrected chi connectivity index (χ4v) is 3.88. The molecule has 2 aliphatic rings. The van der Waals surface area contributed by atoms with Gasteiger partial charge in [-0.15, -0.1) is 6.42 Å². The van der Waals surface area contributed by atoms with Gasteiger partial charge in [0.2, 0.25) is 5.91 Å². The average molecular weight is 472 g/mol. The maximum atomic E-state index is 15.1. The highest BCUT2D eigenvalue weighted by molar-refractivity contribution is 6.22. The molecule has 0 atom stereocenters. The second kappa shape index (κ2) is 10.9. The molecule has 1 heterocycles. The van der Waals surface area contributed by atoms with E-state index in [1.54, 1.807) is 0 Å². The maximum absolute atomic E-state index is 15.1. The summed E-state index contributed by atoms with van der Waals surface area (Å²) < 4.78 is 30.4. The van der Waals surface area contributed by atoms with E-state index in [2.05, 4.69) is 5.92 Å². The molecule has 0 bridgehead atoms. The van der Waals surface area contributed by atoms with Crippen LogP contribution >= 0.6 is 0 Å². The number of anilines is 2. The predicted octanol–water partition coefficient (Wildman–Crippen LogP) is 2.12. The summed E-state index contributed by atoms with van der Waals surface area (Å²) in [5.74, 6) is -1.20. The first-order valence-corrected chi connectivity index (χ1v) is 10.7. The number of rotatable bonds is 7. The minimum absolute atomic E-state index is 0.00915. The molecule has 0 saturated carbocycles. The fraction of sp³-hybridized carbons (Fsp3) is 0.417. The van der Waals surface area contributed by atoms with Gasteiger partial charge >= 0.3 is 5.97 Å². The van der Waals surface area contributed by atoms with Crippen LogP contribution in [0, 0.1) is 18.2 Å². The van der Waals surface area contributed by atoms with Crippen LogP contribution < -0.4 is 14.5 Å². The molecule has 3 rings (SSSR count). The molecule has 0 fully saturated rings. The van der Waals surface area contributed by atoms with Crippen LogP contribution in [0.3, 0.4) is 0 Å². The van der Waals surface area contributed by atoms with Gasteiger partial charge in [0.05, 0.1) is 24.5 Å². The first-order valence-electron chi connectivity index (χ1n) is 10.7. The minimum atomic E-state index is -0.905. The van der Waals surface area contributed by atoms with Crippen LogP contribution in [0.25, 0.3) is 0 Å². The van der Waals surface area contributed by atoms with E-state index in [1.807, 2.05) is 0 Å². The van der Waals surface area contributed by atoms with Gasteiger partial charge in [-0.2, -0.15) is 0 Å². The fourth-order valence-electron chi connectivity index (χ4n) is 3.88. The molecule has 0 spiro atoms. The second-order valence-corrected chi connectivity index (χ2v) is 7.70. The molecule has 1 aromatic carbocycles. The summed E-state index contributed by atoms with van der Waals surface area (Å²) in [7, 11) is 1.46. The quantitative estimate of drug-likeness (QED) is 0.340. The van der Waals surface area contributed by atoms with Crippen molar-refractivity contribution >= 4 is 35.1 Å². The molecule has 0 saturated heterocycles. The Bertz CT molecular complexity index is 1090. The van der Waals surface area contributed by atoms with E-state index in [9.17, 15) is 19.2 Å². The topological polar surface area (TPSA) is 102 Å². The van der Waals surface area contributed by atoms with Gasteiger partial charge in [0, 0.05) is 31.2 Å². The number of hydrogen-bond acceptors (Lipinski definition) is 7. The lowest BCUT2D eigenvalue weighted by Gasteiger charge is -2.30. The number of halogens is 1. The van der Waals surface area contributed by atoms with Crippen molar-refractivity contribution in [3.05, 3.63) is 29.1 Å². The number of carbonyl (C=O) groups excluding carboxylic acids is 4. The number of esters is 1. The van der Waals surface area contributed by atoms with Gasteiger partial charge in [0.15, 0.2) is 12.4 Å². The third kappa shape index (κ3) is 5.10. The van der Waals surface area contributed by atoms with E-state index in [4.69, 9.17) is 20.6 Å². The summed E-state index contributed by atoms with van der Waals surface area (Å²) >= 11 is 0. The molecular formula is C24H25FN2O7. The van der Waals surface area contributed by atoms with E-state index < -0.39 is 29.5 Å². The van der Waals surface area contributed by atoms with Gasteiger partial charge in [0.25, 0.3) is 11.8 Å². The number of methoxy groups -OCH3 is 1. The molecule has 34 heavy (non-hydrogen) atoms. The average Bonchev–Trinajstić information content (AvgIpc) is 2.81. The van der Waals surface area contributed by atoms with E-state index in [0.29, 0.717) is 24.2 Å². The minimum Gasteiger partial charge on any atom is -0.481 e. The monoisotopic (exact) mass is 472 g/mol. The van der Waals surface area contributed by atoms with Crippen molar-refractivity contribution in [2.24, 2.45) is 0 Å². The molecule has 0 aromatic heterocycles. The molecule has 0 radical (unpaired) electrons. The molecule has 1 aliphatic heterocycles. The zero-order chi connectivity index (χ0) is 24.8. The van der Waals surface area contributed by atoms with E-state index >= 15 is 4.39 Å². The summed E-state index contributed by atoms with van der Waals surface area (Å²) in [6.45, 7) is 0.894. The summed E-state index contributed by atoms with van der Waals surface area (Å²) in [6.07, 6.45) is 7.16. The molecule has 0 unspecified atom stereocenters. The third-order valence-electron chi connectivity index (χ3n) is 5.47. The largest absolute Gasteiger partial charge is 0.481 e. The number of imide groups is 1. The number of carbonyl (C=O) groups is 4. The van der Waals surface area contributed by atoms with Crippen LogP contribution in [0.5, 0.6) is 5.75 Å². The molecule has 10 heteroatoms. The number of hydrogen-bond donors (Lipinski definition) is 0. The maximum Gasteiger partial charge on any atom is 0.334 e. The third-order valence-corrected chi connectivity index (χ3v) is 5.47. The Hall–Kier alpha value is -3.71. The molecule has 3 amide bonds. The normalized spacial score (nSPS) is 15.2. The zero-order valence-electron chi connectivity index (χ0n) is 19.0. The van der Waals surface area contributed by atoms with Crippen molar-refractivity contribution in [3.63, 3.8) is 0 Å². The van der Waals surface area contributed by atoms with Gasteiger partial charge in [-0.05, 0) is 31.7 Å². The number of terminal acetylenes is 1. The predicted molar refractivity (Wildman–Crippen MR) is 120 cm³/mol. The molecule has 180 valence electrons. The lowest BCUT2D eigenvalue weighted by atomic mass is 9.90. The summed E-state index contributed by atoms with van der Waals surface area (Å²) in [5.41, 5.74) is 0.0152. The van der Waals surface area contributed by atoms with Gasteiger partial charge in [-0.1, -0.05) is 5.92 Å². The lowest BCUT2D eigenvalue weighted by Crippen LogP contribution is -2.41. The lowest BCUT2D eigenvalue weighted by molar-refractivity contribution is -0.141. The van der Waals surface area contributed by atoms with Crippen LogP contribution in [0.15, 0.2) is 23.3 Å². The SMILES string of the molecule is C#CCN1C(=O)COc2cc(F)c(N(C(C)=O)C(=O)C3=C(C(=O)OCCOC)CCCC3)cc21. The molecule has 1 aromatic rings. The van der Waals surface area contributed by atoms with E-state index in [-0.39, 0.29) is 61.1 Å². The highest BCUT2D eigenvalue weighted by Crippen LogP contribution is 2.39. The number of benzene rings is 1. The highest BCUT2D eigenvalue weighted by atomic mass is 19.1. The number of ether oxygens (including phenoxy) is 3. The van der Waals surface area contributed by atoms with E-state index in [0.717, 1.165) is 13.0 Å². The number of amides is 3. The Balaban J connectivity index is 2.04. The Morgan fingerprint density at radius 1 is 1.21 bits per heavy atom. The molecule has 1 aliphatic carbocycles. The van der Waals surface area contributed by atoms with Gasteiger partial charge in [0.1, 0.15) is 12.4 Å².